The SMILES string of the molecule is CCC(=O)OCC1O[C@H](OC(=O)CC)C=C(OC(=O)CC)[C@@H]1OC(=O)CC. The first-order valence-corrected chi connectivity index (χ1v) is 8.96. The highest BCUT2D eigenvalue weighted by Gasteiger charge is 2.40. The van der Waals surface area contributed by atoms with Gasteiger partial charge in [-0.25, -0.2) is 0 Å². The quantitative estimate of drug-likeness (QED) is 0.432. The fraction of sp³-hybridized carbons (Fsp3) is 0.667. The van der Waals surface area contributed by atoms with Crippen LogP contribution in [0, 0.1) is 0 Å². The van der Waals surface area contributed by atoms with Crippen molar-refractivity contribution < 1.29 is 42.9 Å². The third-order valence-electron chi connectivity index (χ3n) is 3.53. The van der Waals surface area contributed by atoms with Crippen molar-refractivity contribution in [3.63, 3.8) is 0 Å². The first-order valence-electron chi connectivity index (χ1n) is 8.96. The third-order valence-corrected chi connectivity index (χ3v) is 3.53. The number of hydrogen-bond donors (Lipinski definition) is 0. The lowest BCUT2D eigenvalue weighted by Crippen LogP contribution is -2.46. The van der Waals surface area contributed by atoms with Crippen LogP contribution in [0.3, 0.4) is 0 Å². The average Bonchev–Trinajstić information content (AvgIpc) is 2.67. The highest BCUT2D eigenvalue weighted by molar-refractivity contribution is 5.72. The molecule has 0 saturated carbocycles. The van der Waals surface area contributed by atoms with E-state index < -0.39 is 42.4 Å². The van der Waals surface area contributed by atoms with Crippen LogP contribution in [0.15, 0.2) is 11.8 Å². The zero-order chi connectivity index (χ0) is 20.4. The summed E-state index contributed by atoms with van der Waals surface area (Å²) in [5.41, 5.74) is 0. The Kier molecular flexibility index (Phi) is 9.49. The van der Waals surface area contributed by atoms with Gasteiger partial charge in [0.1, 0.15) is 12.7 Å². The normalized spacial score (nSPS) is 21.6. The minimum atomic E-state index is -1.17. The van der Waals surface area contributed by atoms with E-state index in [0.29, 0.717) is 0 Å². The Morgan fingerprint density at radius 2 is 1.41 bits per heavy atom. The van der Waals surface area contributed by atoms with Crippen molar-refractivity contribution >= 4 is 23.9 Å². The van der Waals surface area contributed by atoms with E-state index in [1.54, 1.807) is 27.7 Å². The zero-order valence-electron chi connectivity index (χ0n) is 16.0. The lowest BCUT2D eigenvalue weighted by Gasteiger charge is -2.34. The molecule has 0 aromatic carbocycles. The Hall–Kier alpha value is -2.42. The van der Waals surface area contributed by atoms with Crippen molar-refractivity contribution in [2.75, 3.05) is 6.61 Å². The molecule has 27 heavy (non-hydrogen) atoms. The van der Waals surface area contributed by atoms with E-state index in [0.717, 1.165) is 0 Å². The molecule has 152 valence electrons. The van der Waals surface area contributed by atoms with Gasteiger partial charge in [-0.3, -0.25) is 19.2 Å². The molecule has 9 heteroatoms. The molecule has 0 amide bonds. The molecule has 9 nitrogen and oxygen atoms in total. The molecule has 0 aromatic heterocycles. The molecular weight excluding hydrogens is 360 g/mol. The van der Waals surface area contributed by atoms with E-state index in [4.69, 9.17) is 23.7 Å². The van der Waals surface area contributed by atoms with Gasteiger partial charge in [-0.1, -0.05) is 27.7 Å². The number of carbonyl (C=O) groups is 4. The molecule has 0 aliphatic carbocycles. The summed E-state index contributed by atoms with van der Waals surface area (Å²) >= 11 is 0. The monoisotopic (exact) mass is 386 g/mol. The molecule has 0 radical (unpaired) electrons. The second kappa shape index (κ2) is 11.3. The number of esters is 4. The maximum Gasteiger partial charge on any atom is 0.310 e. The van der Waals surface area contributed by atoms with E-state index in [1.165, 1.54) is 6.08 Å². The predicted molar refractivity (Wildman–Crippen MR) is 90.9 cm³/mol. The van der Waals surface area contributed by atoms with E-state index in [9.17, 15) is 19.2 Å². The molecular formula is C18H26O9. The molecule has 0 fully saturated rings. The minimum Gasteiger partial charge on any atom is -0.463 e. The maximum atomic E-state index is 11.8. The number of ether oxygens (including phenoxy) is 5. The van der Waals surface area contributed by atoms with Crippen LogP contribution in [-0.4, -0.2) is 49.0 Å². The van der Waals surface area contributed by atoms with Gasteiger partial charge in [0.05, 0.1) is 0 Å². The molecule has 1 rings (SSSR count). The van der Waals surface area contributed by atoms with Gasteiger partial charge in [0.15, 0.2) is 11.9 Å². The predicted octanol–water partition coefficient (Wildman–Crippen LogP) is 1.78. The Morgan fingerprint density at radius 1 is 0.852 bits per heavy atom. The summed E-state index contributed by atoms with van der Waals surface area (Å²) in [5, 5.41) is 0. The van der Waals surface area contributed by atoms with Gasteiger partial charge in [-0.05, 0) is 0 Å². The Balaban J connectivity index is 3.11. The highest BCUT2D eigenvalue weighted by Crippen LogP contribution is 2.26. The van der Waals surface area contributed by atoms with Gasteiger partial charge < -0.3 is 23.7 Å². The fourth-order valence-electron chi connectivity index (χ4n) is 2.03. The number of carbonyl (C=O) groups excluding carboxylic acids is 4. The van der Waals surface area contributed by atoms with Crippen molar-refractivity contribution in [2.24, 2.45) is 0 Å². The molecule has 0 saturated heterocycles. The van der Waals surface area contributed by atoms with Crippen molar-refractivity contribution in [3.8, 4) is 0 Å². The summed E-state index contributed by atoms with van der Waals surface area (Å²) in [6.07, 6.45) is -1.60. The summed E-state index contributed by atoms with van der Waals surface area (Å²) in [7, 11) is 0. The lowest BCUT2D eigenvalue weighted by atomic mass is 10.1. The maximum absolute atomic E-state index is 11.8. The smallest absolute Gasteiger partial charge is 0.310 e. The topological polar surface area (TPSA) is 114 Å². The Morgan fingerprint density at radius 3 is 1.96 bits per heavy atom. The molecule has 0 N–H and O–H groups in total. The zero-order valence-corrected chi connectivity index (χ0v) is 16.0. The largest absolute Gasteiger partial charge is 0.463 e. The van der Waals surface area contributed by atoms with Crippen molar-refractivity contribution in [1.29, 1.82) is 0 Å². The molecule has 0 aromatic rings. The van der Waals surface area contributed by atoms with Crippen molar-refractivity contribution in [2.45, 2.75) is 71.9 Å². The van der Waals surface area contributed by atoms with Crippen LogP contribution in [0.1, 0.15) is 53.4 Å². The summed E-state index contributed by atoms with van der Waals surface area (Å²) in [6.45, 7) is 6.17. The van der Waals surface area contributed by atoms with Crippen LogP contribution in [-0.2, 0) is 42.9 Å². The summed E-state index contributed by atoms with van der Waals surface area (Å²) in [6, 6.07) is 0. The third kappa shape index (κ3) is 7.38. The first-order chi connectivity index (χ1) is 12.8. The van der Waals surface area contributed by atoms with Crippen LogP contribution in [0.25, 0.3) is 0 Å². The Labute approximate surface area is 157 Å². The molecule has 3 atom stereocenters. The Bertz CT molecular complexity index is 581. The summed E-state index contributed by atoms with van der Waals surface area (Å²) in [5.74, 6) is -2.17. The van der Waals surface area contributed by atoms with Gasteiger partial charge >= 0.3 is 23.9 Å². The van der Waals surface area contributed by atoms with E-state index >= 15 is 0 Å². The minimum absolute atomic E-state index is 0.0265. The van der Waals surface area contributed by atoms with Crippen LogP contribution in [0.4, 0.5) is 0 Å². The standard InChI is InChI=1S/C18H26O9/c1-5-13(19)23-10-12-18(27-16(22)8-4)11(24-14(20)6-2)9-17(25-12)26-15(21)7-3/h9,12,17-18H,5-8,10H2,1-4H3/t12?,17-,18+/m1/s1. The van der Waals surface area contributed by atoms with Crippen molar-refractivity contribution in [1.82, 2.24) is 0 Å². The molecule has 0 bridgehead atoms. The second-order valence-corrected chi connectivity index (χ2v) is 5.58. The lowest BCUT2D eigenvalue weighted by molar-refractivity contribution is -0.210. The molecule has 1 heterocycles. The van der Waals surface area contributed by atoms with Gasteiger partial charge in [-0.15, -0.1) is 0 Å². The van der Waals surface area contributed by atoms with Gasteiger partial charge in [0.2, 0.25) is 6.29 Å². The number of hydrogen-bond acceptors (Lipinski definition) is 9. The first kappa shape index (κ1) is 22.6. The van der Waals surface area contributed by atoms with Crippen LogP contribution in [0.5, 0.6) is 0 Å². The molecule has 1 unspecified atom stereocenters. The summed E-state index contributed by atoms with van der Waals surface area (Å²) in [4.78, 5) is 46.6. The van der Waals surface area contributed by atoms with Crippen molar-refractivity contribution in [3.05, 3.63) is 11.8 Å². The summed E-state index contributed by atoms with van der Waals surface area (Å²) < 4.78 is 26.3. The molecule has 1 aliphatic heterocycles. The number of rotatable bonds is 9. The van der Waals surface area contributed by atoms with E-state index in [-0.39, 0.29) is 38.0 Å². The molecule has 1 aliphatic rings. The average molecular weight is 386 g/mol. The molecule has 0 spiro atoms. The van der Waals surface area contributed by atoms with Gasteiger partial charge in [0.25, 0.3) is 0 Å². The van der Waals surface area contributed by atoms with Gasteiger partial charge in [-0.2, -0.15) is 0 Å². The van der Waals surface area contributed by atoms with E-state index in [1.807, 2.05) is 0 Å². The van der Waals surface area contributed by atoms with Crippen LogP contribution >= 0.6 is 0 Å². The highest BCUT2D eigenvalue weighted by atomic mass is 16.7. The fourth-order valence-corrected chi connectivity index (χ4v) is 2.03. The second-order valence-electron chi connectivity index (χ2n) is 5.58. The van der Waals surface area contributed by atoms with E-state index in [2.05, 4.69) is 0 Å². The van der Waals surface area contributed by atoms with Gasteiger partial charge in [0, 0.05) is 31.8 Å². The van der Waals surface area contributed by atoms with Crippen LogP contribution in [0.2, 0.25) is 0 Å². The van der Waals surface area contributed by atoms with Crippen LogP contribution < -0.4 is 0 Å².